The summed E-state index contributed by atoms with van der Waals surface area (Å²) in [4.78, 5) is 42.2. The monoisotopic (exact) mass is 243 g/mol. The first-order valence-corrected chi connectivity index (χ1v) is 2.25. The summed E-state index contributed by atoms with van der Waals surface area (Å²) in [6.45, 7) is 0. The van der Waals surface area contributed by atoms with E-state index in [1.54, 1.807) is 0 Å². The molecule has 0 aliphatic carbocycles. The van der Waals surface area contributed by atoms with Crippen LogP contribution in [0.5, 0.6) is 0 Å². The SMILES string of the molecule is O=C(O)OC(=O)C(=O)O[N+](=O)[O-].[KH].[NaH]. The Labute approximate surface area is 141 Å². The molecule has 70 valence electrons. The van der Waals surface area contributed by atoms with Crippen molar-refractivity contribution in [3.63, 3.8) is 0 Å². The zero-order valence-corrected chi connectivity index (χ0v) is 5.25. The van der Waals surface area contributed by atoms with Gasteiger partial charge in [0.15, 0.2) is 0 Å². The third kappa shape index (κ3) is 10.5. The second-order valence-corrected chi connectivity index (χ2v) is 1.26. The summed E-state index contributed by atoms with van der Waals surface area (Å²) < 4.78 is 3.21. The van der Waals surface area contributed by atoms with Crippen molar-refractivity contribution in [2.24, 2.45) is 0 Å². The van der Waals surface area contributed by atoms with Crippen molar-refractivity contribution in [2.75, 3.05) is 0 Å². The van der Waals surface area contributed by atoms with Crippen molar-refractivity contribution in [1.82, 2.24) is 0 Å². The van der Waals surface area contributed by atoms with Gasteiger partial charge in [-0.05, 0) is 0 Å². The van der Waals surface area contributed by atoms with Gasteiger partial charge in [-0.3, -0.25) is 4.79 Å². The summed E-state index contributed by atoms with van der Waals surface area (Å²) >= 11 is 0. The van der Waals surface area contributed by atoms with Gasteiger partial charge in [-0.15, -0.1) is 10.1 Å². The van der Waals surface area contributed by atoms with Crippen molar-refractivity contribution in [3.05, 3.63) is 10.1 Å². The van der Waals surface area contributed by atoms with Gasteiger partial charge >= 0.3 is 104 Å². The minimum absolute atomic E-state index is 0. The number of hydrogen-bond acceptors (Lipinski definition) is 7. The number of carbonyl (C=O) groups excluding carboxylic acids is 2. The Bertz CT molecular complexity index is 227. The average molecular weight is 243 g/mol. The van der Waals surface area contributed by atoms with Gasteiger partial charge in [0, 0.05) is 0 Å². The van der Waals surface area contributed by atoms with Gasteiger partial charge in [0.25, 0.3) is 0 Å². The molecule has 9 nitrogen and oxygen atoms in total. The molecule has 0 saturated heterocycles. The van der Waals surface area contributed by atoms with Gasteiger partial charge in [-0.2, -0.15) is 0 Å². The first-order chi connectivity index (χ1) is 5.43. The number of esters is 1. The summed E-state index contributed by atoms with van der Waals surface area (Å²) in [7, 11) is 0. The zero-order valence-electron chi connectivity index (χ0n) is 5.25. The Morgan fingerprint density at radius 3 is 1.93 bits per heavy atom. The number of nitrogens with zero attached hydrogens (tertiary/aromatic N) is 1. The van der Waals surface area contributed by atoms with Crippen molar-refractivity contribution < 1.29 is 34.2 Å². The van der Waals surface area contributed by atoms with E-state index in [1.165, 1.54) is 0 Å². The van der Waals surface area contributed by atoms with Gasteiger partial charge in [-0.25, -0.2) is 14.4 Å². The van der Waals surface area contributed by atoms with Crippen LogP contribution in [0.2, 0.25) is 0 Å². The number of carbonyl (C=O) groups is 3. The van der Waals surface area contributed by atoms with E-state index in [1.807, 2.05) is 0 Å². The van der Waals surface area contributed by atoms with E-state index < -0.39 is 23.2 Å². The second-order valence-electron chi connectivity index (χ2n) is 1.26. The predicted octanol–water partition coefficient (Wildman–Crippen LogP) is -2.35. The normalized spacial score (nSPS) is 7.14. The summed E-state index contributed by atoms with van der Waals surface area (Å²) in [6, 6.07) is 0. The zero-order chi connectivity index (χ0) is 9.72. The fourth-order valence-electron chi connectivity index (χ4n) is 0.226. The molecule has 0 spiro atoms. The molecule has 0 rings (SSSR count). The Balaban J connectivity index is -0.000000605. The van der Waals surface area contributed by atoms with Crippen LogP contribution >= 0.6 is 0 Å². The molecule has 0 atom stereocenters. The molecule has 0 amide bonds. The van der Waals surface area contributed by atoms with Gasteiger partial charge in [0.1, 0.15) is 0 Å². The Morgan fingerprint density at radius 2 is 1.64 bits per heavy atom. The molecule has 0 fully saturated rings. The van der Waals surface area contributed by atoms with Crippen LogP contribution in [0.1, 0.15) is 0 Å². The number of carboxylic acid groups (broad SMARTS) is 1. The van der Waals surface area contributed by atoms with E-state index in [9.17, 15) is 24.5 Å². The molecule has 14 heavy (non-hydrogen) atoms. The van der Waals surface area contributed by atoms with Crippen LogP contribution in [0.4, 0.5) is 4.79 Å². The standard InChI is InChI=1S/C3HNO8.K.Na.2H/c5-1(11-3(7)8)2(6)12-4(9)10;;;;/h(H,7,8);;;;. The molecule has 0 aliphatic rings. The van der Waals surface area contributed by atoms with Crippen LogP contribution in [0.15, 0.2) is 0 Å². The van der Waals surface area contributed by atoms with Crippen LogP contribution in [0, 0.1) is 10.1 Å². The first-order valence-electron chi connectivity index (χ1n) is 2.25. The van der Waals surface area contributed by atoms with E-state index >= 15 is 0 Å². The van der Waals surface area contributed by atoms with Crippen LogP contribution < -0.4 is 0 Å². The first kappa shape index (κ1) is 19.9. The van der Waals surface area contributed by atoms with E-state index in [-0.39, 0.29) is 80.9 Å². The summed E-state index contributed by atoms with van der Waals surface area (Å²) in [5.74, 6) is -3.98. The Morgan fingerprint density at radius 1 is 1.21 bits per heavy atom. The molecular weight excluding hydrogens is 240 g/mol. The molecule has 0 radical (unpaired) electrons. The van der Waals surface area contributed by atoms with Crippen molar-refractivity contribution in [1.29, 1.82) is 0 Å². The topological polar surface area (TPSA) is 133 Å². The van der Waals surface area contributed by atoms with E-state index in [2.05, 4.69) is 9.57 Å². The molecule has 0 bridgehead atoms. The fraction of sp³-hybridized carbons (Fsp3) is 0. The number of rotatable bonds is 1. The summed E-state index contributed by atoms with van der Waals surface area (Å²) in [5.41, 5.74) is 0. The maximum absolute atomic E-state index is 10.1. The van der Waals surface area contributed by atoms with Crippen LogP contribution in [0.25, 0.3) is 0 Å². The summed E-state index contributed by atoms with van der Waals surface area (Å²) in [6.07, 6.45) is -2.06. The third-order valence-corrected chi connectivity index (χ3v) is 0.504. The average Bonchev–Trinajstić information content (AvgIpc) is 1.84. The van der Waals surface area contributed by atoms with Crippen molar-refractivity contribution in [3.8, 4) is 0 Å². The van der Waals surface area contributed by atoms with Gasteiger partial charge < -0.3 is 9.84 Å². The van der Waals surface area contributed by atoms with Crippen LogP contribution in [0.3, 0.4) is 0 Å². The van der Waals surface area contributed by atoms with Crippen molar-refractivity contribution >= 4 is 99.0 Å². The molecule has 11 heteroatoms. The van der Waals surface area contributed by atoms with Gasteiger partial charge in [0.05, 0.1) is 0 Å². The fourth-order valence-corrected chi connectivity index (χ4v) is 0.226. The second kappa shape index (κ2) is 9.98. The minimum atomic E-state index is -2.06. The van der Waals surface area contributed by atoms with Crippen molar-refractivity contribution in [2.45, 2.75) is 0 Å². The number of ether oxygens (including phenoxy) is 1. The van der Waals surface area contributed by atoms with Gasteiger partial charge in [-0.1, -0.05) is 0 Å². The molecule has 0 aliphatic heterocycles. The third-order valence-electron chi connectivity index (χ3n) is 0.504. The van der Waals surface area contributed by atoms with E-state index in [0.717, 1.165) is 0 Å². The molecule has 0 aromatic heterocycles. The molecule has 0 heterocycles. The van der Waals surface area contributed by atoms with Gasteiger partial charge in [0.2, 0.25) is 0 Å². The molecule has 0 aromatic rings. The Kier molecular flexibility index (Phi) is 14.2. The molecule has 0 aromatic carbocycles. The van der Waals surface area contributed by atoms with E-state index in [0.29, 0.717) is 0 Å². The quantitative estimate of drug-likeness (QED) is 0.135. The number of hydrogen-bond donors (Lipinski definition) is 1. The van der Waals surface area contributed by atoms with Crippen LogP contribution in [-0.2, 0) is 19.2 Å². The summed E-state index contributed by atoms with van der Waals surface area (Å²) in [5, 5.41) is 15.6. The predicted molar refractivity (Wildman–Crippen MR) is 41.5 cm³/mol. The van der Waals surface area contributed by atoms with E-state index in [4.69, 9.17) is 5.11 Å². The molecule has 0 saturated carbocycles. The molecule has 1 N–H and O–H groups in total. The Hall–Kier alpha value is 0.446. The maximum atomic E-state index is 10.1. The molecule has 0 unspecified atom stereocenters. The molecular formula is C3H3KNNaO8. The van der Waals surface area contributed by atoms with Crippen LogP contribution in [-0.4, -0.2) is 109 Å².